The van der Waals surface area contributed by atoms with Gasteiger partial charge < -0.3 is 14.8 Å². The van der Waals surface area contributed by atoms with Crippen LogP contribution in [0.3, 0.4) is 0 Å². The topological polar surface area (TPSA) is 62.5 Å². The molecule has 1 aromatic heterocycles. The standard InChI is InChI=1S/C14H20BrNO3/c1-13(2)5-7-14(18,8-6-13)9-16-12(17)10-3-4-11(15)19-10/h3-4,18H,5-9H2,1-2H3,(H,16,17). The molecule has 1 aliphatic rings. The molecule has 0 bridgehead atoms. The summed E-state index contributed by atoms with van der Waals surface area (Å²) in [4.78, 5) is 11.8. The lowest BCUT2D eigenvalue weighted by Gasteiger charge is -2.40. The van der Waals surface area contributed by atoms with Crippen molar-refractivity contribution in [3.05, 3.63) is 22.6 Å². The van der Waals surface area contributed by atoms with Crippen molar-refractivity contribution in [3.63, 3.8) is 0 Å². The lowest BCUT2D eigenvalue weighted by Crippen LogP contribution is -2.46. The molecule has 2 rings (SSSR count). The summed E-state index contributed by atoms with van der Waals surface area (Å²) in [5, 5.41) is 13.2. The Bertz CT molecular complexity index is 457. The summed E-state index contributed by atoms with van der Waals surface area (Å²) >= 11 is 3.16. The van der Waals surface area contributed by atoms with Crippen LogP contribution in [0.15, 0.2) is 21.2 Å². The van der Waals surface area contributed by atoms with Gasteiger partial charge in [0.25, 0.3) is 5.91 Å². The summed E-state index contributed by atoms with van der Waals surface area (Å²) < 4.78 is 5.70. The van der Waals surface area contributed by atoms with Gasteiger partial charge in [-0.3, -0.25) is 4.79 Å². The van der Waals surface area contributed by atoms with Gasteiger partial charge in [-0.05, 0) is 59.2 Å². The second kappa shape index (κ2) is 5.29. The van der Waals surface area contributed by atoms with Gasteiger partial charge in [-0.15, -0.1) is 0 Å². The molecule has 1 aromatic rings. The van der Waals surface area contributed by atoms with E-state index in [1.54, 1.807) is 12.1 Å². The van der Waals surface area contributed by atoms with Gasteiger partial charge in [0.1, 0.15) is 0 Å². The molecule has 1 fully saturated rings. The van der Waals surface area contributed by atoms with Gasteiger partial charge in [0, 0.05) is 6.54 Å². The normalized spacial score (nSPS) is 21.1. The fraction of sp³-hybridized carbons (Fsp3) is 0.643. The molecule has 1 saturated carbocycles. The Balaban J connectivity index is 1.87. The van der Waals surface area contributed by atoms with Crippen LogP contribution in [0.2, 0.25) is 0 Å². The third-order valence-corrected chi connectivity index (χ3v) is 4.34. The van der Waals surface area contributed by atoms with Crippen molar-refractivity contribution >= 4 is 21.8 Å². The molecule has 0 saturated heterocycles. The maximum atomic E-state index is 11.8. The number of aliphatic hydroxyl groups is 1. The number of carbonyl (C=O) groups excluding carboxylic acids is 1. The molecule has 0 atom stereocenters. The van der Waals surface area contributed by atoms with Gasteiger partial charge in [-0.1, -0.05) is 13.8 Å². The molecule has 19 heavy (non-hydrogen) atoms. The highest BCUT2D eigenvalue weighted by Gasteiger charge is 2.36. The third-order valence-electron chi connectivity index (χ3n) is 3.91. The quantitative estimate of drug-likeness (QED) is 0.895. The molecule has 0 spiro atoms. The summed E-state index contributed by atoms with van der Waals surface area (Å²) in [5.74, 6) is -0.0319. The number of amides is 1. The predicted octanol–water partition coefficient (Wildman–Crippen LogP) is 3.10. The number of carbonyl (C=O) groups is 1. The predicted molar refractivity (Wildman–Crippen MR) is 75.9 cm³/mol. The van der Waals surface area contributed by atoms with E-state index in [0.29, 0.717) is 10.1 Å². The smallest absolute Gasteiger partial charge is 0.287 e. The zero-order chi connectivity index (χ0) is 14.1. The molecule has 4 nitrogen and oxygen atoms in total. The average molecular weight is 330 g/mol. The minimum atomic E-state index is -0.783. The Hall–Kier alpha value is -0.810. The monoisotopic (exact) mass is 329 g/mol. The van der Waals surface area contributed by atoms with Crippen molar-refractivity contribution in [1.29, 1.82) is 0 Å². The van der Waals surface area contributed by atoms with E-state index in [0.717, 1.165) is 25.7 Å². The Morgan fingerprint density at radius 1 is 1.37 bits per heavy atom. The summed E-state index contributed by atoms with van der Waals surface area (Å²) in [6.07, 6.45) is 3.40. The molecule has 5 heteroatoms. The first-order valence-electron chi connectivity index (χ1n) is 6.56. The van der Waals surface area contributed by atoms with Gasteiger partial charge >= 0.3 is 0 Å². The van der Waals surface area contributed by atoms with E-state index in [1.807, 2.05) is 0 Å². The average Bonchev–Trinajstić information content (AvgIpc) is 2.78. The van der Waals surface area contributed by atoms with E-state index in [2.05, 4.69) is 35.1 Å². The lowest BCUT2D eigenvalue weighted by molar-refractivity contribution is -0.0234. The van der Waals surface area contributed by atoms with Crippen LogP contribution >= 0.6 is 15.9 Å². The Morgan fingerprint density at radius 3 is 2.53 bits per heavy atom. The van der Waals surface area contributed by atoms with Crippen LogP contribution in [0.4, 0.5) is 0 Å². The number of halogens is 1. The molecular formula is C14H20BrNO3. The fourth-order valence-electron chi connectivity index (χ4n) is 2.34. The summed E-state index contributed by atoms with van der Waals surface area (Å²) in [7, 11) is 0. The highest BCUT2D eigenvalue weighted by Crippen LogP contribution is 2.39. The van der Waals surface area contributed by atoms with Crippen molar-refractivity contribution in [2.75, 3.05) is 6.54 Å². The van der Waals surface area contributed by atoms with Crippen molar-refractivity contribution in [1.82, 2.24) is 5.32 Å². The number of rotatable bonds is 3. The van der Waals surface area contributed by atoms with E-state index >= 15 is 0 Å². The van der Waals surface area contributed by atoms with E-state index in [4.69, 9.17) is 4.42 Å². The van der Waals surface area contributed by atoms with Crippen molar-refractivity contribution < 1.29 is 14.3 Å². The highest BCUT2D eigenvalue weighted by atomic mass is 79.9. The van der Waals surface area contributed by atoms with Crippen molar-refractivity contribution in [2.45, 2.75) is 45.1 Å². The zero-order valence-electron chi connectivity index (χ0n) is 11.3. The number of hydrogen-bond donors (Lipinski definition) is 2. The molecule has 1 heterocycles. The van der Waals surface area contributed by atoms with Gasteiger partial charge in [0.05, 0.1) is 5.60 Å². The van der Waals surface area contributed by atoms with Crippen LogP contribution in [0.5, 0.6) is 0 Å². The lowest BCUT2D eigenvalue weighted by atomic mass is 9.71. The number of hydrogen-bond acceptors (Lipinski definition) is 3. The van der Waals surface area contributed by atoms with Crippen molar-refractivity contribution in [3.8, 4) is 0 Å². The van der Waals surface area contributed by atoms with Crippen LogP contribution in [0, 0.1) is 5.41 Å². The largest absolute Gasteiger partial charge is 0.444 e. The van der Waals surface area contributed by atoms with Crippen molar-refractivity contribution in [2.24, 2.45) is 5.41 Å². The number of furan rings is 1. The molecule has 0 radical (unpaired) electrons. The maximum Gasteiger partial charge on any atom is 0.287 e. The Labute approximate surface area is 121 Å². The van der Waals surface area contributed by atoms with Crippen LogP contribution in [0.1, 0.15) is 50.1 Å². The molecular weight excluding hydrogens is 310 g/mol. The molecule has 106 valence electrons. The van der Waals surface area contributed by atoms with Gasteiger partial charge in [0.15, 0.2) is 10.4 Å². The first-order chi connectivity index (χ1) is 8.80. The maximum absolute atomic E-state index is 11.8. The van der Waals surface area contributed by atoms with E-state index in [-0.39, 0.29) is 18.2 Å². The highest BCUT2D eigenvalue weighted by molar-refractivity contribution is 9.10. The third kappa shape index (κ3) is 3.83. The first-order valence-corrected chi connectivity index (χ1v) is 7.35. The summed E-state index contributed by atoms with van der Waals surface area (Å²) in [6.45, 7) is 4.71. The van der Waals surface area contributed by atoms with Crippen LogP contribution < -0.4 is 5.32 Å². The fourth-order valence-corrected chi connectivity index (χ4v) is 2.64. The SMILES string of the molecule is CC1(C)CCC(O)(CNC(=O)c2ccc(Br)o2)CC1. The van der Waals surface area contributed by atoms with Gasteiger partial charge in [-0.2, -0.15) is 0 Å². The molecule has 0 unspecified atom stereocenters. The molecule has 1 amide bonds. The zero-order valence-corrected chi connectivity index (χ0v) is 12.9. The summed E-state index contributed by atoms with van der Waals surface area (Å²) in [6, 6.07) is 3.28. The Morgan fingerprint density at radius 2 is 2.00 bits per heavy atom. The van der Waals surface area contributed by atoms with Gasteiger partial charge in [-0.25, -0.2) is 0 Å². The van der Waals surface area contributed by atoms with Crippen LogP contribution in [-0.4, -0.2) is 23.2 Å². The molecule has 1 aliphatic carbocycles. The molecule has 0 aromatic carbocycles. The second-order valence-corrected chi connectivity index (χ2v) is 6.96. The molecule has 0 aliphatic heterocycles. The minimum absolute atomic E-state index is 0.256. The Kier molecular flexibility index (Phi) is 4.06. The van der Waals surface area contributed by atoms with Crippen LogP contribution in [0.25, 0.3) is 0 Å². The minimum Gasteiger partial charge on any atom is -0.444 e. The van der Waals surface area contributed by atoms with Crippen LogP contribution in [-0.2, 0) is 0 Å². The summed E-state index contributed by atoms with van der Waals surface area (Å²) in [5.41, 5.74) is -0.489. The van der Waals surface area contributed by atoms with E-state index in [9.17, 15) is 9.90 Å². The first kappa shape index (κ1) is 14.6. The second-order valence-electron chi connectivity index (χ2n) is 6.17. The van der Waals surface area contributed by atoms with E-state index in [1.165, 1.54) is 0 Å². The number of nitrogens with one attached hydrogen (secondary N) is 1. The van der Waals surface area contributed by atoms with E-state index < -0.39 is 5.60 Å². The molecule has 2 N–H and O–H groups in total. The van der Waals surface area contributed by atoms with Gasteiger partial charge in [0.2, 0.25) is 0 Å².